The maximum absolute atomic E-state index is 14.8. The van der Waals surface area contributed by atoms with E-state index in [1.165, 1.54) is 27.7 Å². The first-order valence-electron chi connectivity index (χ1n) is 10.7. The molecule has 8 nitrogen and oxygen atoms in total. The second-order valence-electron chi connectivity index (χ2n) is 9.38. The first-order chi connectivity index (χ1) is 15.9. The van der Waals surface area contributed by atoms with E-state index in [0.717, 1.165) is 18.9 Å². The smallest absolute Gasteiger partial charge is 0.408 e. The molecule has 0 spiro atoms. The van der Waals surface area contributed by atoms with E-state index in [4.69, 9.17) is 17.3 Å². The van der Waals surface area contributed by atoms with Crippen LogP contribution in [-0.2, 0) is 0 Å². The molecule has 1 atom stereocenters. The Morgan fingerprint density at radius 2 is 1.94 bits per heavy atom. The third-order valence-electron chi connectivity index (χ3n) is 5.88. The zero-order valence-corrected chi connectivity index (χ0v) is 19.6. The third kappa shape index (κ3) is 4.11. The van der Waals surface area contributed by atoms with Gasteiger partial charge < -0.3 is 10.8 Å². The molecule has 1 aliphatic carbocycles. The molecule has 34 heavy (non-hydrogen) atoms. The minimum atomic E-state index is -1.19. The highest BCUT2D eigenvalue weighted by atomic mass is 35.5. The summed E-state index contributed by atoms with van der Waals surface area (Å²) in [7, 11) is 0. The highest BCUT2D eigenvalue weighted by molar-refractivity contribution is 6.35. The van der Waals surface area contributed by atoms with Crippen molar-refractivity contribution in [2.45, 2.75) is 45.2 Å². The van der Waals surface area contributed by atoms with Gasteiger partial charge in [0.1, 0.15) is 17.2 Å². The SMILES string of the molecule is CC(C)(C)N(C(=O)O)[C@H](c1nc2c(F)ccc(Cl)c2c(=O)n1-c1cccc(C(N)=O)c1)C1CC1. The monoisotopic (exact) mass is 486 g/mol. The van der Waals surface area contributed by atoms with Crippen molar-refractivity contribution >= 4 is 34.5 Å². The van der Waals surface area contributed by atoms with Gasteiger partial charge in [-0.1, -0.05) is 17.7 Å². The number of primary amides is 1. The summed E-state index contributed by atoms with van der Waals surface area (Å²) < 4.78 is 16.1. The molecule has 0 aliphatic heterocycles. The van der Waals surface area contributed by atoms with Gasteiger partial charge in [0.25, 0.3) is 5.56 Å². The molecule has 1 aliphatic rings. The normalized spacial score (nSPS) is 14.7. The lowest BCUT2D eigenvalue weighted by Crippen LogP contribution is -2.49. The van der Waals surface area contributed by atoms with Crippen LogP contribution in [-0.4, -0.2) is 37.1 Å². The highest BCUT2D eigenvalue weighted by Crippen LogP contribution is 2.47. The Hall–Kier alpha value is -3.46. The molecule has 0 unspecified atom stereocenters. The molecule has 0 radical (unpaired) electrons. The van der Waals surface area contributed by atoms with Crippen molar-refractivity contribution in [3.8, 4) is 5.69 Å². The van der Waals surface area contributed by atoms with E-state index in [9.17, 15) is 23.9 Å². The number of aromatic nitrogens is 2. The number of carbonyl (C=O) groups is 2. The molecule has 178 valence electrons. The molecule has 10 heteroatoms. The molecule has 1 heterocycles. The number of carboxylic acid groups (broad SMARTS) is 1. The van der Waals surface area contributed by atoms with Crippen molar-refractivity contribution in [3.05, 3.63) is 69.0 Å². The van der Waals surface area contributed by atoms with Crippen LogP contribution in [0.1, 0.15) is 55.8 Å². The molecule has 1 aromatic heterocycles. The lowest BCUT2D eigenvalue weighted by molar-refractivity contribution is 0.0581. The van der Waals surface area contributed by atoms with E-state index in [1.54, 1.807) is 32.9 Å². The Bertz CT molecular complexity index is 1380. The largest absolute Gasteiger partial charge is 0.465 e. The number of nitrogens with two attached hydrogens (primary N) is 1. The van der Waals surface area contributed by atoms with Crippen LogP contribution >= 0.6 is 11.6 Å². The van der Waals surface area contributed by atoms with Gasteiger partial charge in [-0.3, -0.25) is 19.1 Å². The number of hydrogen-bond donors (Lipinski definition) is 2. The van der Waals surface area contributed by atoms with E-state index in [2.05, 4.69) is 4.98 Å². The summed E-state index contributed by atoms with van der Waals surface area (Å²) in [4.78, 5) is 43.8. The van der Waals surface area contributed by atoms with E-state index in [1.807, 2.05) is 0 Å². The highest BCUT2D eigenvalue weighted by Gasteiger charge is 2.45. The molecule has 3 aromatic rings. The Balaban J connectivity index is 2.14. The molecule has 1 fully saturated rings. The molecule has 2 amide bonds. The first-order valence-corrected chi connectivity index (χ1v) is 11.1. The lowest BCUT2D eigenvalue weighted by Gasteiger charge is -2.40. The number of carbonyl (C=O) groups excluding carboxylic acids is 1. The van der Waals surface area contributed by atoms with Crippen LogP contribution in [0.5, 0.6) is 0 Å². The average Bonchev–Trinajstić information content (AvgIpc) is 3.58. The minimum Gasteiger partial charge on any atom is -0.465 e. The van der Waals surface area contributed by atoms with Crippen LogP contribution in [0.25, 0.3) is 16.6 Å². The number of fused-ring (bicyclic) bond motifs is 1. The quantitative estimate of drug-likeness (QED) is 0.550. The molecule has 0 saturated heterocycles. The fourth-order valence-electron chi connectivity index (χ4n) is 4.25. The fraction of sp³-hybridized carbons (Fsp3) is 0.333. The zero-order chi connectivity index (χ0) is 24.9. The Kier molecular flexibility index (Phi) is 5.85. The fourth-order valence-corrected chi connectivity index (χ4v) is 4.49. The van der Waals surface area contributed by atoms with Gasteiger partial charge in [0.2, 0.25) is 5.91 Å². The standard InChI is InChI=1S/C24H24ClFN4O4/c1-24(2,3)30(23(33)34)19(12-7-8-12)21-28-18-16(26)10-9-15(25)17(18)22(32)29(21)14-6-4-5-13(11-14)20(27)31/h4-6,9-12,19H,7-8H2,1-3H3,(H2,27,31)(H,33,34)/t19-/m0/s1. The first kappa shape index (κ1) is 23.7. The second-order valence-corrected chi connectivity index (χ2v) is 9.79. The number of benzene rings is 2. The van der Waals surface area contributed by atoms with Gasteiger partial charge in [-0.15, -0.1) is 0 Å². The van der Waals surface area contributed by atoms with Crippen LogP contribution in [0.2, 0.25) is 5.02 Å². The van der Waals surface area contributed by atoms with Crippen molar-refractivity contribution in [2.24, 2.45) is 11.7 Å². The summed E-state index contributed by atoms with van der Waals surface area (Å²) in [6, 6.07) is 7.57. The number of nitrogens with zero attached hydrogens (tertiary/aromatic N) is 3. The van der Waals surface area contributed by atoms with Gasteiger partial charge in [-0.05, 0) is 69.9 Å². The summed E-state index contributed by atoms with van der Waals surface area (Å²) in [5.41, 5.74) is 4.07. The van der Waals surface area contributed by atoms with Crippen LogP contribution in [0.4, 0.5) is 9.18 Å². The zero-order valence-electron chi connectivity index (χ0n) is 18.9. The second kappa shape index (κ2) is 8.39. The van der Waals surface area contributed by atoms with E-state index in [0.29, 0.717) is 0 Å². The molecule has 2 aromatic carbocycles. The molecular weight excluding hydrogens is 463 g/mol. The van der Waals surface area contributed by atoms with E-state index < -0.39 is 35.0 Å². The van der Waals surface area contributed by atoms with Gasteiger partial charge in [0.05, 0.1) is 22.1 Å². The molecule has 3 N–H and O–H groups in total. The van der Waals surface area contributed by atoms with Crippen molar-refractivity contribution in [3.63, 3.8) is 0 Å². The third-order valence-corrected chi connectivity index (χ3v) is 6.19. The van der Waals surface area contributed by atoms with Crippen molar-refractivity contribution < 1.29 is 19.1 Å². The summed E-state index contributed by atoms with van der Waals surface area (Å²) in [5, 5.41) is 10.0. The van der Waals surface area contributed by atoms with Crippen molar-refractivity contribution in [1.82, 2.24) is 14.5 Å². The van der Waals surface area contributed by atoms with Crippen molar-refractivity contribution in [2.75, 3.05) is 0 Å². The van der Waals surface area contributed by atoms with Crippen LogP contribution in [0, 0.1) is 11.7 Å². The van der Waals surface area contributed by atoms with Crippen molar-refractivity contribution in [1.29, 1.82) is 0 Å². The maximum atomic E-state index is 14.8. The van der Waals surface area contributed by atoms with Crippen LogP contribution in [0.15, 0.2) is 41.2 Å². The minimum absolute atomic E-state index is 0.00846. The summed E-state index contributed by atoms with van der Waals surface area (Å²) >= 11 is 6.27. The van der Waals surface area contributed by atoms with E-state index >= 15 is 0 Å². The summed E-state index contributed by atoms with van der Waals surface area (Å²) in [5.74, 6) is -1.51. The maximum Gasteiger partial charge on any atom is 0.408 e. The Morgan fingerprint density at radius 3 is 2.50 bits per heavy atom. The van der Waals surface area contributed by atoms with Gasteiger partial charge in [0, 0.05) is 11.1 Å². The van der Waals surface area contributed by atoms with Gasteiger partial charge in [-0.2, -0.15) is 0 Å². The predicted octanol–water partition coefficient (Wildman–Crippen LogP) is 4.51. The summed E-state index contributed by atoms with van der Waals surface area (Å²) in [6.45, 7) is 5.22. The molecule has 1 saturated carbocycles. The summed E-state index contributed by atoms with van der Waals surface area (Å²) in [6.07, 6.45) is 0.248. The molecule has 4 rings (SSSR count). The lowest BCUT2D eigenvalue weighted by atomic mass is 9.99. The van der Waals surface area contributed by atoms with Crippen LogP contribution < -0.4 is 11.3 Å². The predicted molar refractivity (Wildman–Crippen MR) is 126 cm³/mol. The number of amides is 2. The molecule has 0 bridgehead atoms. The average molecular weight is 487 g/mol. The number of halogens is 2. The number of hydrogen-bond acceptors (Lipinski definition) is 4. The van der Waals surface area contributed by atoms with Gasteiger partial charge >= 0.3 is 6.09 Å². The topological polar surface area (TPSA) is 119 Å². The van der Waals surface area contributed by atoms with E-state index in [-0.39, 0.29) is 38.9 Å². The Morgan fingerprint density at radius 1 is 1.26 bits per heavy atom. The molecular formula is C24H24ClFN4O4. The van der Waals surface area contributed by atoms with Gasteiger partial charge in [0.15, 0.2) is 0 Å². The van der Waals surface area contributed by atoms with Crippen LogP contribution in [0.3, 0.4) is 0 Å². The Labute approximate surface area is 199 Å². The van der Waals surface area contributed by atoms with Gasteiger partial charge in [-0.25, -0.2) is 14.2 Å². The number of rotatable bonds is 5.